The molecule has 1 amide bonds. The average Bonchev–Trinajstić information content (AvgIpc) is 2.83. The van der Waals surface area contributed by atoms with Gasteiger partial charge in [-0.05, 0) is 42.3 Å². The lowest BCUT2D eigenvalue weighted by atomic mass is 10.1. The minimum absolute atomic E-state index is 0.123. The first-order valence-corrected chi connectivity index (χ1v) is 12.9. The quantitative estimate of drug-likeness (QED) is 0.395. The number of para-hydroxylation sites is 2. The standard InChI is InChI=1S/C26H30N2O5S/c1-3-33-25-12-8-7-11-24(25)28(34(2,30)31)19-21-13-15-23(16-14-21)26(29)27-17-18-32-20-22-9-5-4-6-10-22/h4-16H,3,17-20H2,1-2H3,(H,27,29). The van der Waals surface area contributed by atoms with Crippen LogP contribution < -0.4 is 14.4 Å². The van der Waals surface area contributed by atoms with Crippen LogP contribution in [0.5, 0.6) is 5.75 Å². The van der Waals surface area contributed by atoms with E-state index in [-0.39, 0.29) is 12.5 Å². The molecule has 8 heteroatoms. The van der Waals surface area contributed by atoms with Crippen molar-refractivity contribution < 1.29 is 22.7 Å². The second-order valence-corrected chi connectivity index (χ2v) is 9.57. The van der Waals surface area contributed by atoms with Crippen LogP contribution in [0.3, 0.4) is 0 Å². The molecule has 3 rings (SSSR count). The number of anilines is 1. The molecule has 0 radical (unpaired) electrons. The third kappa shape index (κ3) is 7.33. The third-order valence-corrected chi connectivity index (χ3v) is 6.15. The van der Waals surface area contributed by atoms with E-state index in [1.807, 2.05) is 37.3 Å². The molecular weight excluding hydrogens is 452 g/mol. The highest BCUT2D eigenvalue weighted by Crippen LogP contribution is 2.31. The van der Waals surface area contributed by atoms with Crippen LogP contribution in [0, 0.1) is 0 Å². The Bertz CT molecular complexity index is 1170. The Hall–Kier alpha value is -3.36. The molecule has 0 aliphatic rings. The molecule has 34 heavy (non-hydrogen) atoms. The Balaban J connectivity index is 1.57. The Morgan fingerprint density at radius 1 is 0.912 bits per heavy atom. The molecule has 7 nitrogen and oxygen atoms in total. The van der Waals surface area contributed by atoms with E-state index in [1.165, 1.54) is 4.31 Å². The second kappa shape index (κ2) is 12.2. The second-order valence-electron chi connectivity index (χ2n) is 7.66. The predicted molar refractivity (Wildman–Crippen MR) is 134 cm³/mol. The van der Waals surface area contributed by atoms with Gasteiger partial charge in [-0.25, -0.2) is 8.42 Å². The van der Waals surface area contributed by atoms with Crippen LogP contribution in [0.1, 0.15) is 28.4 Å². The molecule has 180 valence electrons. The molecule has 0 aliphatic heterocycles. The highest BCUT2D eigenvalue weighted by molar-refractivity contribution is 7.92. The van der Waals surface area contributed by atoms with E-state index < -0.39 is 10.0 Å². The van der Waals surface area contributed by atoms with Crippen molar-refractivity contribution in [2.24, 2.45) is 0 Å². The number of benzene rings is 3. The smallest absolute Gasteiger partial charge is 0.251 e. The summed E-state index contributed by atoms with van der Waals surface area (Å²) in [7, 11) is -3.56. The SMILES string of the molecule is CCOc1ccccc1N(Cc1ccc(C(=O)NCCOCc2ccccc2)cc1)S(C)(=O)=O. The Kier molecular flexibility index (Phi) is 9.07. The molecule has 0 fully saturated rings. The number of rotatable bonds is 12. The summed E-state index contributed by atoms with van der Waals surface area (Å²) in [6, 6.07) is 23.7. The fraction of sp³-hybridized carbons (Fsp3) is 0.269. The van der Waals surface area contributed by atoms with Gasteiger partial charge in [0.2, 0.25) is 10.0 Å². The first-order chi connectivity index (χ1) is 16.4. The maximum atomic E-state index is 12.5. The lowest BCUT2D eigenvalue weighted by molar-refractivity contribution is 0.0901. The Labute approximate surface area is 201 Å². The molecule has 1 N–H and O–H groups in total. The Morgan fingerprint density at radius 3 is 2.26 bits per heavy atom. The molecule has 0 heterocycles. The van der Waals surface area contributed by atoms with Gasteiger partial charge in [-0.3, -0.25) is 9.10 Å². The molecule has 0 aromatic heterocycles. The monoisotopic (exact) mass is 482 g/mol. The first-order valence-electron chi connectivity index (χ1n) is 11.1. The summed E-state index contributed by atoms with van der Waals surface area (Å²) in [5, 5.41) is 2.83. The fourth-order valence-corrected chi connectivity index (χ4v) is 4.24. The summed E-state index contributed by atoms with van der Waals surface area (Å²) in [5.41, 5.74) is 2.80. The topological polar surface area (TPSA) is 84.9 Å². The van der Waals surface area contributed by atoms with Crippen LogP contribution in [0.25, 0.3) is 0 Å². The van der Waals surface area contributed by atoms with Crippen molar-refractivity contribution in [2.45, 2.75) is 20.1 Å². The van der Waals surface area contributed by atoms with Gasteiger partial charge in [-0.1, -0.05) is 54.6 Å². The number of hydrogen-bond acceptors (Lipinski definition) is 5. The van der Waals surface area contributed by atoms with Crippen molar-refractivity contribution in [3.05, 3.63) is 95.6 Å². The van der Waals surface area contributed by atoms with Crippen molar-refractivity contribution in [3.63, 3.8) is 0 Å². The molecule has 0 aliphatic carbocycles. The Morgan fingerprint density at radius 2 is 1.59 bits per heavy atom. The molecule has 0 unspecified atom stereocenters. The van der Waals surface area contributed by atoms with Gasteiger partial charge in [-0.15, -0.1) is 0 Å². The van der Waals surface area contributed by atoms with E-state index in [4.69, 9.17) is 9.47 Å². The van der Waals surface area contributed by atoms with Gasteiger partial charge in [0.25, 0.3) is 5.91 Å². The van der Waals surface area contributed by atoms with E-state index in [1.54, 1.807) is 48.5 Å². The summed E-state index contributed by atoms with van der Waals surface area (Å²) < 4.78 is 37.5. The van der Waals surface area contributed by atoms with Crippen LogP contribution in [0.4, 0.5) is 5.69 Å². The zero-order valence-electron chi connectivity index (χ0n) is 19.4. The summed E-state index contributed by atoms with van der Waals surface area (Å²) in [5.74, 6) is 0.289. The normalized spacial score (nSPS) is 11.1. The highest BCUT2D eigenvalue weighted by atomic mass is 32.2. The van der Waals surface area contributed by atoms with Crippen molar-refractivity contribution in [2.75, 3.05) is 30.3 Å². The molecule has 0 spiro atoms. The van der Waals surface area contributed by atoms with Crippen LogP contribution in [-0.2, 0) is 27.9 Å². The molecule has 3 aromatic rings. The average molecular weight is 483 g/mol. The number of nitrogens with zero attached hydrogens (tertiary/aromatic N) is 1. The van der Waals surface area contributed by atoms with Gasteiger partial charge in [0, 0.05) is 12.1 Å². The summed E-state index contributed by atoms with van der Waals surface area (Å²) in [6.07, 6.45) is 1.16. The maximum absolute atomic E-state index is 12.5. The molecule has 3 aromatic carbocycles. The van der Waals surface area contributed by atoms with E-state index in [2.05, 4.69) is 5.32 Å². The largest absolute Gasteiger partial charge is 0.492 e. The van der Waals surface area contributed by atoms with Crippen molar-refractivity contribution in [3.8, 4) is 5.75 Å². The summed E-state index contributed by atoms with van der Waals surface area (Å²) in [6.45, 7) is 3.69. The number of ether oxygens (including phenoxy) is 2. The van der Waals surface area contributed by atoms with Crippen LogP contribution in [-0.4, -0.2) is 40.3 Å². The molecule has 0 saturated heterocycles. The van der Waals surface area contributed by atoms with E-state index in [9.17, 15) is 13.2 Å². The lowest BCUT2D eigenvalue weighted by Gasteiger charge is -2.24. The molecule has 0 atom stereocenters. The van der Waals surface area contributed by atoms with Crippen LogP contribution in [0.2, 0.25) is 0 Å². The van der Waals surface area contributed by atoms with Gasteiger partial charge in [0.15, 0.2) is 0 Å². The van der Waals surface area contributed by atoms with Crippen molar-refractivity contribution >= 4 is 21.6 Å². The number of carbonyl (C=O) groups is 1. The molecular formula is C26H30N2O5S. The number of hydrogen-bond donors (Lipinski definition) is 1. The minimum Gasteiger partial charge on any atom is -0.492 e. The number of amides is 1. The molecule has 0 bridgehead atoms. The van der Waals surface area contributed by atoms with Gasteiger partial charge in [-0.2, -0.15) is 0 Å². The van der Waals surface area contributed by atoms with Crippen LogP contribution >= 0.6 is 0 Å². The number of sulfonamides is 1. The fourth-order valence-electron chi connectivity index (χ4n) is 3.35. The third-order valence-electron chi connectivity index (χ3n) is 5.02. The number of carbonyl (C=O) groups excluding carboxylic acids is 1. The predicted octanol–water partition coefficient (Wildman–Crippen LogP) is 4.00. The van der Waals surface area contributed by atoms with Gasteiger partial charge in [0.1, 0.15) is 5.75 Å². The summed E-state index contributed by atoms with van der Waals surface area (Å²) in [4.78, 5) is 12.4. The van der Waals surface area contributed by atoms with Gasteiger partial charge >= 0.3 is 0 Å². The summed E-state index contributed by atoms with van der Waals surface area (Å²) >= 11 is 0. The van der Waals surface area contributed by atoms with E-state index >= 15 is 0 Å². The van der Waals surface area contributed by atoms with Gasteiger partial charge < -0.3 is 14.8 Å². The number of nitrogens with one attached hydrogen (secondary N) is 1. The van der Waals surface area contributed by atoms with Gasteiger partial charge in [0.05, 0.1) is 38.3 Å². The van der Waals surface area contributed by atoms with E-state index in [0.717, 1.165) is 17.4 Å². The molecule has 0 saturated carbocycles. The van der Waals surface area contributed by atoms with Crippen molar-refractivity contribution in [1.82, 2.24) is 5.32 Å². The first kappa shape index (κ1) is 25.3. The maximum Gasteiger partial charge on any atom is 0.251 e. The zero-order valence-corrected chi connectivity index (χ0v) is 20.3. The minimum atomic E-state index is -3.56. The van der Waals surface area contributed by atoms with Crippen molar-refractivity contribution in [1.29, 1.82) is 0 Å². The highest BCUT2D eigenvalue weighted by Gasteiger charge is 2.21. The zero-order chi connectivity index (χ0) is 24.4. The van der Waals surface area contributed by atoms with E-state index in [0.29, 0.717) is 43.4 Å². The van der Waals surface area contributed by atoms with Crippen LogP contribution in [0.15, 0.2) is 78.9 Å². The lowest BCUT2D eigenvalue weighted by Crippen LogP contribution is -2.30.